The number of para-hydroxylation sites is 1. The summed E-state index contributed by atoms with van der Waals surface area (Å²) in [6, 6.07) is 9.95. The van der Waals surface area contributed by atoms with Crippen molar-refractivity contribution < 1.29 is 4.74 Å². The second kappa shape index (κ2) is 3.59. The zero-order chi connectivity index (χ0) is 8.23. The number of likely N-dealkylation sites (tertiary alicyclic amines) is 1. The van der Waals surface area contributed by atoms with Crippen molar-refractivity contribution in [3.63, 3.8) is 0 Å². The Hall–Kier alpha value is -1.02. The van der Waals surface area contributed by atoms with Crippen LogP contribution in [0, 0.1) is 0 Å². The van der Waals surface area contributed by atoms with Crippen LogP contribution in [-0.4, -0.2) is 24.7 Å². The minimum absolute atomic E-state index is 0.740. The number of nitrogens with zero attached hydrogens (tertiary/aromatic N) is 1. The highest BCUT2D eigenvalue weighted by molar-refractivity contribution is 5.20. The van der Waals surface area contributed by atoms with Crippen molar-refractivity contribution in [2.75, 3.05) is 19.8 Å². The molecule has 1 aromatic carbocycles. The summed E-state index contributed by atoms with van der Waals surface area (Å²) in [5.41, 5.74) is 0. The smallest absolute Gasteiger partial charge is 0.142 e. The van der Waals surface area contributed by atoms with Gasteiger partial charge in [0, 0.05) is 13.1 Å². The van der Waals surface area contributed by atoms with Gasteiger partial charge in [0.25, 0.3) is 0 Å². The van der Waals surface area contributed by atoms with Gasteiger partial charge in [0.05, 0.1) is 0 Å². The van der Waals surface area contributed by atoms with Gasteiger partial charge in [-0.25, -0.2) is 0 Å². The predicted molar refractivity (Wildman–Crippen MR) is 48.1 cm³/mol. The summed E-state index contributed by atoms with van der Waals surface area (Å²) >= 11 is 0. The third-order valence-electron chi connectivity index (χ3n) is 2.11. The Morgan fingerprint density at radius 1 is 1.17 bits per heavy atom. The summed E-state index contributed by atoms with van der Waals surface area (Å²) in [5, 5.41) is 0. The molecule has 1 saturated heterocycles. The normalized spacial score (nSPS) is 17.0. The Morgan fingerprint density at radius 3 is 2.50 bits per heavy atom. The van der Waals surface area contributed by atoms with E-state index in [0.717, 1.165) is 12.5 Å². The van der Waals surface area contributed by atoms with Gasteiger partial charge in [-0.3, -0.25) is 4.90 Å². The highest BCUT2D eigenvalue weighted by Gasteiger charge is 2.12. The van der Waals surface area contributed by atoms with E-state index in [1.807, 2.05) is 30.3 Å². The Labute approximate surface area is 72.8 Å². The van der Waals surface area contributed by atoms with Gasteiger partial charge in [-0.05, 0) is 18.6 Å². The highest BCUT2D eigenvalue weighted by Crippen LogP contribution is 2.11. The molecule has 0 aromatic heterocycles. The zero-order valence-corrected chi connectivity index (χ0v) is 7.07. The lowest BCUT2D eigenvalue weighted by molar-refractivity contribution is 0.0731. The van der Waals surface area contributed by atoms with Crippen molar-refractivity contribution >= 4 is 0 Å². The summed E-state index contributed by atoms with van der Waals surface area (Å²) in [5.74, 6) is 0.962. The van der Waals surface area contributed by atoms with Crippen molar-refractivity contribution in [2.45, 2.75) is 6.42 Å². The van der Waals surface area contributed by atoms with Crippen molar-refractivity contribution in [3.05, 3.63) is 30.3 Å². The standard InChI is InChI=1S/C10H13NO/c1-2-5-10(6-3-1)12-9-11-7-4-8-11/h1-3,5-6H,4,7-9H2. The van der Waals surface area contributed by atoms with E-state index in [2.05, 4.69) is 4.90 Å². The molecule has 64 valence electrons. The van der Waals surface area contributed by atoms with E-state index in [9.17, 15) is 0 Å². The van der Waals surface area contributed by atoms with Gasteiger partial charge in [-0.2, -0.15) is 0 Å². The fraction of sp³-hybridized carbons (Fsp3) is 0.400. The van der Waals surface area contributed by atoms with Crippen molar-refractivity contribution in [1.82, 2.24) is 4.90 Å². The molecular weight excluding hydrogens is 150 g/mol. The van der Waals surface area contributed by atoms with E-state index in [-0.39, 0.29) is 0 Å². The number of rotatable bonds is 3. The Kier molecular flexibility index (Phi) is 2.28. The molecule has 0 aliphatic carbocycles. The van der Waals surface area contributed by atoms with Crippen LogP contribution in [0.3, 0.4) is 0 Å². The maximum absolute atomic E-state index is 5.54. The predicted octanol–water partition coefficient (Wildman–Crippen LogP) is 1.73. The molecule has 1 aliphatic rings. The molecule has 0 N–H and O–H groups in total. The first-order valence-corrected chi connectivity index (χ1v) is 4.35. The van der Waals surface area contributed by atoms with Gasteiger partial charge in [0.15, 0.2) is 0 Å². The van der Waals surface area contributed by atoms with E-state index in [4.69, 9.17) is 4.74 Å². The molecule has 0 bridgehead atoms. The quantitative estimate of drug-likeness (QED) is 0.672. The molecule has 0 saturated carbocycles. The summed E-state index contributed by atoms with van der Waals surface area (Å²) in [6.45, 7) is 3.11. The molecule has 0 atom stereocenters. The fourth-order valence-electron chi connectivity index (χ4n) is 1.19. The van der Waals surface area contributed by atoms with Crippen LogP contribution in [0.1, 0.15) is 6.42 Å². The average molecular weight is 163 g/mol. The largest absolute Gasteiger partial charge is 0.478 e. The van der Waals surface area contributed by atoms with Crippen LogP contribution in [0.4, 0.5) is 0 Å². The SMILES string of the molecule is c1ccc(OCN2CCC2)cc1. The van der Waals surface area contributed by atoms with Crippen molar-refractivity contribution in [3.8, 4) is 5.75 Å². The Bertz CT molecular complexity index is 231. The lowest BCUT2D eigenvalue weighted by atomic mass is 10.2. The van der Waals surface area contributed by atoms with Crippen molar-refractivity contribution in [1.29, 1.82) is 0 Å². The van der Waals surface area contributed by atoms with Crippen molar-refractivity contribution in [2.24, 2.45) is 0 Å². The molecule has 1 fully saturated rings. The van der Waals surface area contributed by atoms with Gasteiger partial charge in [-0.1, -0.05) is 18.2 Å². The number of hydrogen-bond donors (Lipinski definition) is 0. The minimum atomic E-state index is 0.740. The van der Waals surface area contributed by atoms with Crippen LogP contribution in [0.2, 0.25) is 0 Å². The lowest BCUT2D eigenvalue weighted by Crippen LogP contribution is -2.39. The number of ether oxygens (including phenoxy) is 1. The number of hydrogen-bond acceptors (Lipinski definition) is 2. The van der Waals surface area contributed by atoms with E-state index in [1.165, 1.54) is 19.5 Å². The van der Waals surface area contributed by atoms with E-state index in [0.29, 0.717) is 0 Å². The average Bonchev–Trinajstić information content (AvgIpc) is 2.04. The van der Waals surface area contributed by atoms with Gasteiger partial charge >= 0.3 is 0 Å². The summed E-state index contributed by atoms with van der Waals surface area (Å²) in [6.07, 6.45) is 1.32. The van der Waals surface area contributed by atoms with E-state index < -0.39 is 0 Å². The first kappa shape index (κ1) is 7.62. The second-order valence-electron chi connectivity index (χ2n) is 3.06. The highest BCUT2D eigenvalue weighted by atomic mass is 16.5. The van der Waals surface area contributed by atoms with E-state index in [1.54, 1.807) is 0 Å². The lowest BCUT2D eigenvalue weighted by Gasteiger charge is -2.30. The molecule has 1 aliphatic heterocycles. The molecule has 2 heteroatoms. The van der Waals surface area contributed by atoms with E-state index >= 15 is 0 Å². The molecule has 0 unspecified atom stereocenters. The maximum atomic E-state index is 5.54. The van der Waals surface area contributed by atoms with Gasteiger partial charge in [0.1, 0.15) is 12.5 Å². The minimum Gasteiger partial charge on any atom is -0.478 e. The van der Waals surface area contributed by atoms with Crippen LogP contribution in [0.5, 0.6) is 5.75 Å². The molecule has 0 amide bonds. The molecule has 0 radical (unpaired) electrons. The monoisotopic (exact) mass is 163 g/mol. The Morgan fingerprint density at radius 2 is 1.92 bits per heavy atom. The molecule has 1 heterocycles. The van der Waals surface area contributed by atoms with Crippen LogP contribution >= 0.6 is 0 Å². The zero-order valence-electron chi connectivity index (χ0n) is 7.07. The first-order valence-electron chi connectivity index (χ1n) is 4.35. The molecule has 2 rings (SSSR count). The third-order valence-corrected chi connectivity index (χ3v) is 2.11. The van der Waals surface area contributed by atoms with Crippen LogP contribution < -0.4 is 4.74 Å². The number of benzene rings is 1. The Balaban J connectivity index is 1.79. The first-order chi connectivity index (χ1) is 5.95. The fourth-order valence-corrected chi connectivity index (χ4v) is 1.19. The molecule has 1 aromatic rings. The van der Waals surface area contributed by atoms with Crippen LogP contribution in [0.15, 0.2) is 30.3 Å². The molecule has 2 nitrogen and oxygen atoms in total. The van der Waals surface area contributed by atoms with Crippen LogP contribution in [0.25, 0.3) is 0 Å². The summed E-state index contributed by atoms with van der Waals surface area (Å²) < 4.78 is 5.54. The topological polar surface area (TPSA) is 12.5 Å². The maximum Gasteiger partial charge on any atom is 0.142 e. The van der Waals surface area contributed by atoms with Gasteiger partial charge in [-0.15, -0.1) is 0 Å². The summed E-state index contributed by atoms with van der Waals surface area (Å²) in [7, 11) is 0. The van der Waals surface area contributed by atoms with Gasteiger partial charge < -0.3 is 4.74 Å². The third kappa shape index (κ3) is 1.77. The second-order valence-corrected chi connectivity index (χ2v) is 3.06. The van der Waals surface area contributed by atoms with Gasteiger partial charge in [0.2, 0.25) is 0 Å². The summed E-state index contributed by atoms with van der Waals surface area (Å²) in [4.78, 5) is 2.28. The molecule has 12 heavy (non-hydrogen) atoms. The molecular formula is C10H13NO. The molecule has 0 spiro atoms. The van der Waals surface area contributed by atoms with Crippen LogP contribution in [-0.2, 0) is 0 Å².